The third-order valence-electron chi connectivity index (χ3n) is 4.89. The standard InChI is InChI=1S/C23H18F3N3O3/c1-13-4-2-5-15(10-13)28-22(31)29-19-9-8-14(11-20(19)32-23(24,25)26)16-6-3-7-17-18(16)12-27-21(17)30/h2-11H,12H2,1H3,(H,27,30)(H2,28,29,31). The lowest BCUT2D eigenvalue weighted by Gasteiger charge is -2.17. The highest BCUT2D eigenvalue weighted by molar-refractivity contribution is 6.02. The van der Waals surface area contributed by atoms with E-state index in [1.807, 2.05) is 13.0 Å². The largest absolute Gasteiger partial charge is 0.573 e. The number of hydrogen-bond donors (Lipinski definition) is 3. The third kappa shape index (κ3) is 4.66. The van der Waals surface area contributed by atoms with E-state index in [0.29, 0.717) is 27.9 Å². The molecule has 0 fully saturated rings. The van der Waals surface area contributed by atoms with Crippen molar-refractivity contribution in [2.45, 2.75) is 19.8 Å². The van der Waals surface area contributed by atoms with Crippen molar-refractivity contribution in [3.63, 3.8) is 0 Å². The number of anilines is 2. The van der Waals surface area contributed by atoms with E-state index in [4.69, 9.17) is 0 Å². The zero-order valence-electron chi connectivity index (χ0n) is 16.8. The van der Waals surface area contributed by atoms with Crippen LogP contribution in [0, 0.1) is 6.92 Å². The predicted molar refractivity (Wildman–Crippen MR) is 114 cm³/mol. The molecule has 9 heteroatoms. The zero-order chi connectivity index (χ0) is 22.9. The molecule has 0 aromatic heterocycles. The second kappa shape index (κ2) is 8.26. The monoisotopic (exact) mass is 441 g/mol. The highest BCUT2D eigenvalue weighted by Crippen LogP contribution is 2.37. The number of benzene rings is 3. The van der Waals surface area contributed by atoms with Crippen LogP contribution in [0.4, 0.5) is 29.3 Å². The number of alkyl halides is 3. The van der Waals surface area contributed by atoms with Crippen molar-refractivity contribution in [3.05, 3.63) is 77.4 Å². The van der Waals surface area contributed by atoms with E-state index in [-0.39, 0.29) is 18.1 Å². The molecule has 0 radical (unpaired) electrons. The van der Waals surface area contributed by atoms with E-state index < -0.39 is 18.1 Å². The summed E-state index contributed by atoms with van der Waals surface area (Å²) in [6.45, 7) is 2.12. The molecule has 0 saturated heterocycles. The van der Waals surface area contributed by atoms with Gasteiger partial charge in [-0.2, -0.15) is 0 Å². The Kier molecular flexibility index (Phi) is 5.48. The van der Waals surface area contributed by atoms with Gasteiger partial charge < -0.3 is 20.7 Å². The molecule has 164 valence electrons. The third-order valence-corrected chi connectivity index (χ3v) is 4.89. The van der Waals surface area contributed by atoms with Gasteiger partial charge in [-0.05, 0) is 59.5 Å². The van der Waals surface area contributed by atoms with Crippen molar-refractivity contribution in [2.75, 3.05) is 10.6 Å². The maximum Gasteiger partial charge on any atom is 0.573 e. The van der Waals surface area contributed by atoms with Crippen molar-refractivity contribution in [1.29, 1.82) is 0 Å². The van der Waals surface area contributed by atoms with Crippen LogP contribution in [0.2, 0.25) is 0 Å². The average Bonchev–Trinajstić information content (AvgIpc) is 3.09. The van der Waals surface area contributed by atoms with E-state index in [1.165, 1.54) is 12.1 Å². The number of rotatable bonds is 4. The Morgan fingerprint density at radius 3 is 2.50 bits per heavy atom. The van der Waals surface area contributed by atoms with Crippen LogP contribution in [-0.4, -0.2) is 18.3 Å². The molecule has 3 amide bonds. The molecule has 4 rings (SSSR count). The van der Waals surface area contributed by atoms with E-state index in [2.05, 4.69) is 20.7 Å². The van der Waals surface area contributed by atoms with Crippen LogP contribution in [-0.2, 0) is 6.54 Å². The second-order valence-electron chi connectivity index (χ2n) is 7.22. The summed E-state index contributed by atoms with van der Waals surface area (Å²) in [5, 5.41) is 7.67. The molecule has 3 N–H and O–H groups in total. The van der Waals surface area contributed by atoms with Crippen LogP contribution in [0.15, 0.2) is 60.7 Å². The SMILES string of the molecule is Cc1cccc(NC(=O)Nc2ccc(-c3cccc4c3CNC4=O)cc2OC(F)(F)F)c1. The molecule has 0 unspecified atom stereocenters. The molecular weight excluding hydrogens is 423 g/mol. The summed E-state index contributed by atoms with van der Waals surface area (Å²) in [5.74, 6) is -0.802. The van der Waals surface area contributed by atoms with Crippen molar-refractivity contribution in [2.24, 2.45) is 0 Å². The smallest absolute Gasteiger partial charge is 0.404 e. The average molecular weight is 441 g/mol. The molecule has 32 heavy (non-hydrogen) atoms. The number of urea groups is 1. The fraction of sp³-hybridized carbons (Fsp3) is 0.130. The molecule has 1 aliphatic heterocycles. The van der Waals surface area contributed by atoms with Gasteiger partial charge in [0.25, 0.3) is 5.91 Å². The van der Waals surface area contributed by atoms with Crippen molar-refractivity contribution in [3.8, 4) is 16.9 Å². The van der Waals surface area contributed by atoms with Crippen molar-refractivity contribution < 1.29 is 27.5 Å². The molecule has 1 aliphatic rings. The molecule has 0 bridgehead atoms. The molecule has 3 aromatic carbocycles. The van der Waals surface area contributed by atoms with Gasteiger partial charge in [-0.25, -0.2) is 4.79 Å². The molecular formula is C23H18F3N3O3. The summed E-state index contributed by atoms with van der Waals surface area (Å²) in [6, 6.07) is 15.4. The van der Waals surface area contributed by atoms with Crippen LogP contribution in [0.5, 0.6) is 5.75 Å². The predicted octanol–water partition coefficient (Wildman–Crippen LogP) is 5.45. The molecule has 0 atom stereocenters. The summed E-state index contributed by atoms with van der Waals surface area (Å²) in [4.78, 5) is 24.3. The van der Waals surface area contributed by atoms with Gasteiger partial charge in [-0.15, -0.1) is 13.2 Å². The molecule has 0 aliphatic carbocycles. The second-order valence-corrected chi connectivity index (χ2v) is 7.22. The van der Waals surface area contributed by atoms with Gasteiger partial charge in [0.05, 0.1) is 5.69 Å². The van der Waals surface area contributed by atoms with Crippen LogP contribution in [0.25, 0.3) is 11.1 Å². The van der Waals surface area contributed by atoms with Gasteiger partial charge in [-0.3, -0.25) is 4.79 Å². The van der Waals surface area contributed by atoms with E-state index in [9.17, 15) is 22.8 Å². The van der Waals surface area contributed by atoms with Gasteiger partial charge in [0.1, 0.15) is 0 Å². The molecule has 0 spiro atoms. The highest BCUT2D eigenvalue weighted by Gasteiger charge is 2.33. The number of nitrogens with one attached hydrogen (secondary N) is 3. The van der Waals surface area contributed by atoms with E-state index in [1.54, 1.807) is 42.5 Å². The first-order chi connectivity index (χ1) is 15.2. The van der Waals surface area contributed by atoms with E-state index >= 15 is 0 Å². The number of fused-ring (bicyclic) bond motifs is 1. The Morgan fingerprint density at radius 1 is 1.00 bits per heavy atom. The summed E-state index contributed by atoms with van der Waals surface area (Å²) in [5.41, 5.74) is 3.43. The number of ether oxygens (including phenoxy) is 1. The van der Waals surface area contributed by atoms with Crippen LogP contribution < -0.4 is 20.7 Å². The number of hydrogen-bond acceptors (Lipinski definition) is 3. The number of carbonyl (C=O) groups is 2. The minimum atomic E-state index is -4.96. The summed E-state index contributed by atoms with van der Waals surface area (Å²) >= 11 is 0. The molecule has 1 heterocycles. The quantitative estimate of drug-likeness (QED) is 0.504. The van der Waals surface area contributed by atoms with E-state index in [0.717, 1.165) is 5.56 Å². The van der Waals surface area contributed by atoms with Gasteiger partial charge in [0, 0.05) is 17.8 Å². The Morgan fingerprint density at radius 2 is 1.75 bits per heavy atom. The van der Waals surface area contributed by atoms with Crippen LogP contribution in [0.3, 0.4) is 0 Å². The Bertz CT molecular complexity index is 1210. The number of amides is 3. The lowest BCUT2D eigenvalue weighted by molar-refractivity contribution is -0.274. The van der Waals surface area contributed by atoms with Crippen molar-refractivity contribution >= 4 is 23.3 Å². The summed E-state index contributed by atoms with van der Waals surface area (Å²) in [7, 11) is 0. The van der Waals surface area contributed by atoms with Crippen LogP contribution >= 0.6 is 0 Å². The molecule has 0 saturated carbocycles. The zero-order valence-corrected chi connectivity index (χ0v) is 16.8. The van der Waals surface area contributed by atoms with Gasteiger partial charge in [-0.1, -0.05) is 30.3 Å². The Balaban J connectivity index is 1.65. The van der Waals surface area contributed by atoms with Crippen molar-refractivity contribution in [1.82, 2.24) is 5.32 Å². The fourth-order valence-corrected chi connectivity index (χ4v) is 3.53. The highest BCUT2D eigenvalue weighted by atomic mass is 19.4. The number of carbonyl (C=O) groups excluding carboxylic acids is 2. The lowest BCUT2D eigenvalue weighted by Crippen LogP contribution is -2.22. The summed E-state index contributed by atoms with van der Waals surface area (Å²) < 4.78 is 43.3. The maximum absolute atomic E-state index is 13.0. The fourth-order valence-electron chi connectivity index (χ4n) is 3.53. The molecule has 3 aromatic rings. The first-order valence-electron chi connectivity index (χ1n) is 9.64. The normalized spacial score (nSPS) is 12.7. The first kappa shape index (κ1) is 21.2. The van der Waals surface area contributed by atoms with Crippen LogP contribution in [0.1, 0.15) is 21.5 Å². The Hall–Kier alpha value is -4.01. The number of halogens is 3. The topological polar surface area (TPSA) is 79.5 Å². The Labute approximate surface area is 181 Å². The minimum absolute atomic E-state index is 0.155. The molecule has 6 nitrogen and oxygen atoms in total. The number of aryl methyl sites for hydroxylation is 1. The van der Waals surface area contributed by atoms with Gasteiger partial charge >= 0.3 is 12.4 Å². The summed E-state index contributed by atoms with van der Waals surface area (Å²) in [6.07, 6.45) is -4.96. The lowest BCUT2D eigenvalue weighted by atomic mass is 9.96. The van der Waals surface area contributed by atoms with Gasteiger partial charge in [0.2, 0.25) is 0 Å². The first-order valence-corrected chi connectivity index (χ1v) is 9.64. The minimum Gasteiger partial charge on any atom is -0.404 e. The van der Waals surface area contributed by atoms with Gasteiger partial charge in [0.15, 0.2) is 5.75 Å². The maximum atomic E-state index is 13.0.